The average Bonchev–Trinajstić information content (AvgIpc) is 2.73. The monoisotopic (exact) mass is 237 g/mol. The van der Waals surface area contributed by atoms with Crippen molar-refractivity contribution in [2.24, 2.45) is 0 Å². The summed E-state index contributed by atoms with van der Waals surface area (Å²) < 4.78 is 0. The topological polar surface area (TPSA) is 23.5 Å². The highest BCUT2D eigenvalue weighted by atomic mass is 32.1. The van der Waals surface area contributed by atoms with Crippen LogP contribution in [0.15, 0.2) is 30.3 Å². The van der Waals surface area contributed by atoms with Crippen LogP contribution in [0.1, 0.15) is 17.9 Å². The Balaban J connectivity index is 1.96. The van der Waals surface area contributed by atoms with E-state index < -0.39 is 0 Å². The van der Waals surface area contributed by atoms with Crippen molar-refractivity contribution >= 4 is 12.6 Å². The fourth-order valence-corrected chi connectivity index (χ4v) is 2.61. The fraction of sp³-hybridized carbons (Fsp3) is 0.538. The molecule has 0 aromatic heterocycles. The molecule has 1 aliphatic heterocycles. The molecule has 0 amide bonds. The molecule has 0 radical (unpaired) electrons. The van der Waals surface area contributed by atoms with E-state index >= 15 is 0 Å². The van der Waals surface area contributed by atoms with Crippen LogP contribution in [-0.2, 0) is 0 Å². The zero-order chi connectivity index (χ0) is 11.4. The van der Waals surface area contributed by atoms with Crippen LogP contribution in [0, 0.1) is 0 Å². The number of β-amino-alcohol motifs (C(OH)–C–C–N with tert-alkyl or cyclic N) is 1. The quantitative estimate of drug-likeness (QED) is 0.780. The van der Waals surface area contributed by atoms with Gasteiger partial charge in [-0.15, -0.1) is 0 Å². The minimum Gasteiger partial charge on any atom is -0.392 e. The van der Waals surface area contributed by atoms with Crippen molar-refractivity contribution in [2.75, 3.05) is 25.4 Å². The Morgan fingerprint density at radius 3 is 2.69 bits per heavy atom. The van der Waals surface area contributed by atoms with Crippen LogP contribution in [0.2, 0.25) is 0 Å². The van der Waals surface area contributed by atoms with Crippen molar-refractivity contribution in [3.8, 4) is 0 Å². The van der Waals surface area contributed by atoms with Crippen molar-refractivity contribution in [1.29, 1.82) is 0 Å². The van der Waals surface area contributed by atoms with Gasteiger partial charge in [0.2, 0.25) is 0 Å². The Morgan fingerprint density at radius 2 is 2.12 bits per heavy atom. The molecule has 2 unspecified atom stereocenters. The second kappa shape index (κ2) is 5.71. The molecule has 0 spiro atoms. The highest BCUT2D eigenvalue weighted by Gasteiger charge is 2.22. The zero-order valence-corrected chi connectivity index (χ0v) is 10.3. The van der Waals surface area contributed by atoms with E-state index in [1.165, 1.54) is 5.56 Å². The highest BCUT2D eigenvalue weighted by Crippen LogP contribution is 2.20. The predicted octanol–water partition coefficient (Wildman–Crippen LogP) is 1.77. The third kappa shape index (κ3) is 3.00. The summed E-state index contributed by atoms with van der Waals surface area (Å²) in [6.45, 7) is 2.83. The number of rotatable bonds is 4. The van der Waals surface area contributed by atoms with Crippen LogP contribution in [-0.4, -0.2) is 41.5 Å². The van der Waals surface area contributed by atoms with Gasteiger partial charge < -0.3 is 10.0 Å². The summed E-state index contributed by atoms with van der Waals surface area (Å²) in [5.41, 5.74) is 1.35. The Hall–Kier alpha value is -0.510. The summed E-state index contributed by atoms with van der Waals surface area (Å²) in [6, 6.07) is 10.5. The number of aliphatic hydroxyl groups excluding tert-OH is 1. The summed E-state index contributed by atoms with van der Waals surface area (Å²) in [7, 11) is 0. The molecule has 1 aromatic carbocycles. The number of likely N-dealkylation sites (tertiary alicyclic amines) is 1. The van der Waals surface area contributed by atoms with Gasteiger partial charge in [-0.2, -0.15) is 12.6 Å². The van der Waals surface area contributed by atoms with Gasteiger partial charge in [0, 0.05) is 25.6 Å². The molecule has 1 saturated heterocycles. The Bertz CT molecular complexity index is 317. The predicted molar refractivity (Wildman–Crippen MR) is 70.1 cm³/mol. The number of hydrogen-bond acceptors (Lipinski definition) is 3. The lowest BCUT2D eigenvalue weighted by molar-refractivity contribution is 0.175. The summed E-state index contributed by atoms with van der Waals surface area (Å²) in [6.07, 6.45) is 0.782. The third-order valence-corrected chi connectivity index (χ3v) is 3.66. The lowest BCUT2D eigenvalue weighted by Crippen LogP contribution is -2.28. The van der Waals surface area contributed by atoms with E-state index in [1.807, 2.05) is 6.07 Å². The maximum atomic E-state index is 9.49. The number of thiol groups is 1. The van der Waals surface area contributed by atoms with Gasteiger partial charge in [0.25, 0.3) is 0 Å². The molecule has 1 heterocycles. The van der Waals surface area contributed by atoms with Crippen molar-refractivity contribution < 1.29 is 5.11 Å². The molecule has 0 bridgehead atoms. The zero-order valence-electron chi connectivity index (χ0n) is 9.42. The van der Waals surface area contributed by atoms with Crippen LogP contribution in [0.5, 0.6) is 0 Å². The largest absolute Gasteiger partial charge is 0.392 e. The smallest absolute Gasteiger partial charge is 0.0679 e. The van der Waals surface area contributed by atoms with E-state index in [4.69, 9.17) is 0 Å². The molecule has 88 valence electrons. The van der Waals surface area contributed by atoms with E-state index in [2.05, 4.69) is 41.8 Å². The highest BCUT2D eigenvalue weighted by molar-refractivity contribution is 7.80. The van der Waals surface area contributed by atoms with E-state index in [9.17, 15) is 5.11 Å². The molecule has 1 aliphatic rings. The van der Waals surface area contributed by atoms with Crippen LogP contribution < -0.4 is 0 Å². The van der Waals surface area contributed by atoms with Crippen LogP contribution in [0.25, 0.3) is 0 Å². The Kier molecular flexibility index (Phi) is 4.27. The summed E-state index contributed by atoms with van der Waals surface area (Å²) >= 11 is 4.43. The normalized spacial score (nSPS) is 23.5. The van der Waals surface area contributed by atoms with Crippen LogP contribution in [0.4, 0.5) is 0 Å². The molecule has 1 fully saturated rings. The van der Waals surface area contributed by atoms with Gasteiger partial charge in [-0.1, -0.05) is 30.3 Å². The molecule has 3 heteroatoms. The summed E-state index contributed by atoms with van der Waals surface area (Å²) in [5, 5.41) is 9.49. The molecular weight excluding hydrogens is 218 g/mol. The first-order chi connectivity index (χ1) is 7.79. The lowest BCUT2D eigenvalue weighted by atomic mass is 10.0. The molecule has 0 aliphatic carbocycles. The minimum atomic E-state index is -0.128. The summed E-state index contributed by atoms with van der Waals surface area (Å²) in [5.74, 6) is 1.33. The molecule has 1 N–H and O–H groups in total. The minimum absolute atomic E-state index is 0.128. The molecule has 2 nitrogen and oxygen atoms in total. The van der Waals surface area contributed by atoms with Crippen molar-refractivity contribution in [3.05, 3.63) is 35.9 Å². The number of benzene rings is 1. The second-order valence-corrected chi connectivity index (χ2v) is 4.86. The van der Waals surface area contributed by atoms with Crippen molar-refractivity contribution in [1.82, 2.24) is 4.90 Å². The second-order valence-electron chi connectivity index (χ2n) is 4.49. The number of aliphatic hydroxyl groups is 1. The van der Waals surface area contributed by atoms with Gasteiger partial charge in [0.1, 0.15) is 0 Å². The first-order valence-electron chi connectivity index (χ1n) is 5.86. The van der Waals surface area contributed by atoms with E-state index in [1.54, 1.807) is 0 Å². The van der Waals surface area contributed by atoms with Gasteiger partial charge in [0.15, 0.2) is 0 Å². The molecule has 0 saturated carbocycles. The van der Waals surface area contributed by atoms with Crippen molar-refractivity contribution in [3.63, 3.8) is 0 Å². The van der Waals surface area contributed by atoms with Gasteiger partial charge in [-0.25, -0.2) is 0 Å². The van der Waals surface area contributed by atoms with Gasteiger partial charge >= 0.3 is 0 Å². The van der Waals surface area contributed by atoms with Crippen molar-refractivity contribution in [2.45, 2.75) is 18.4 Å². The molecule has 2 rings (SSSR count). The third-order valence-electron chi connectivity index (χ3n) is 3.22. The number of nitrogens with zero attached hydrogens (tertiary/aromatic N) is 1. The molecule has 2 atom stereocenters. The standard InChI is InChI=1S/C13H19NOS/c15-13-6-7-14(9-13)8-12(10-16)11-4-2-1-3-5-11/h1-5,12-13,15-16H,6-10H2. The fourth-order valence-electron chi connectivity index (χ4n) is 2.28. The first-order valence-corrected chi connectivity index (χ1v) is 6.49. The first kappa shape index (κ1) is 12.0. The lowest BCUT2D eigenvalue weighted by Gasteiger charge is -2.22. The SMILES string of the molecule is OC1CCN(CC(CS)c2ccccc2)C1. The van der Waals surface area contributed by atoms with E-state index in [-0.39, 0.29) is 6.10 Å². The van der Waals surface area contributed by atoms with Gasteiger partial charge in [-0.05, 0) is 17.7 Å². The molecule has 16 heavy (non-hydrogen) atoms. The summed E-state index contributed by atoms with van der Waals surface area (Å²) in [4.78, 5) is 2.33. The molecule has 1 aromatic rings. The van der Waals surface area contributed by atoms with Gasteiger partial charge in [0.05, 0.1) is 6.10 Å². The Labute approximate surface area is 103 Å². The van der Waals surface area contributed by atoms with E-state index in [0.29, 0.717) is 5.92 Å². The van der Waals surface area contributed by atoms with Crippen LogP contribution >= 0.6 is 12.6 Å². The van der Waals surface area contributed by atoms with E-state index in [0.717, 1.165) is 31.8 Å². The van der Waals surface area contributed by atoms with Crippen LogP contribution in [0.3, 0.4) is 0 Å². The Morgan fingerprint density at radius 1 is 1.38 bits per heavy atom. The average molecular weight is 237 g/mol. The maximum absolute atomic E-state index is 9.49. The molecular formula is C13H19NOS. The number of hydrogen-bond donors (Lipinski definition) is 2. The van der Waals surface area contributed by atoms with Gasteiger partial charge in [-0.3, -0.25) is 0 Å². The maximum Gasteiger partial charge on any atom is 0.0679 e.